The van der Waals surface area contributed by atoms with Gasteiger partial charge < -0.3 is 10.8 Å². The SMILES string of the molecule is NCc1cccc(CN2CCCN(CCO)CC2)c1F. The second kappa shape index (κ2) is 7.69. The smallest absolute Gasteiger partial charge is 0.132 e. The molecule has 112 valence electrons. The van der Waals surface area contributed by atoms with E-state index in [0.29, 0.717) is 12.1 Å². The molecule has 1 aromatic rings. The van der Waals surface area contributed by atoms with Crippen LogP contribution in [-0.2, 0) is 13.1 Å². The highest BCUT2D eigenvalue weighted by Crippen LogP contribution is 2.16. The van der Waals surface area contributed by atoms with Crippen molar-refractivity contribution in [2.75, 3.05) is 39.3 Å². The number of nitrogens with two attached hydrogens (primary N) is 1. The van der Waals surface area contributed by atoms with Gasteiger partial charge in [0.1, 0.15) is 5.82 Å². The molecule has 4 nitrogen and oxygen atoms in total. The molecular weight excluding hydrogens is 257 g/mol. The molecule has 20 heavy (non-hydrogen) atoms. The fraction of sp³-hybridized carbons (Fsp3) is 0.600. The van der Waals surface area contributed by atoms with Crippen molar-refractivity contribution in [3.63, 3.8) is 0 Å². The summed E-state index contributed by atoms with van der Waals surface area (Å²) in [6.07, 6.45) is 1.05. The first-order valence-corrected chi connectivity index (χ1v) is 7.26. The van der Waals surface area contributed by atoms with Crippen LogP contribution >= 0.6 is 0 Å². The largest absolute Gasteiger partial charge is 0.395 e. The van der Waals surface area contributed by atoms with E-state index in [2.05, 4.69) is 9.80 Å². The van der Waals surface area contributed by atoms with Gasteiger partial charge in [-0.2, -0.15) is 0 Å². The molecule has 0 aromatic heterocycles. The summed E-state index contributed by atoms with van der Waals surface area (Å²) in [6, 6.07) is 5.45. The van der Waals surface area contributed by atoms with E-state index in [1.807, 2.05) is 12.1 Å². The van der Waals surface area contributed by atoms with Gasteiger partial charge in [-0.25, -0.2) is 4.39 Å². The maximum absolute atomic E-state index is 14.2. The van der Waals surface area contributed by atoms with E-state index >= 15 is 0 Å². The molecule has 0 amide bonds. The van der Waals surface area contributed by atoms with Crippen LogP contribution in [0.3, 0.4) is 0 Å². The average Bonchev–Trinajstić information content (AvgIpc) is 2.67. The normalized spacial score (nSPS) is 18.1. The molecule has 1 saturated heterocycles. The highest BCUT2D eigenvalue weighted by atomic mass is 19.1. The van der Waals surface area contributed by atoms with E-state index in [0.717, 1.165) is 44.7 Å². The lowest BCUT2D eigenvalue weighted by molar-refractivity contribution is 0.195. The zero-order valence-electron chi connectivity index (χ0n) is 11.9. The monoisotopic (exact) mass is 281 g/mol. The van der Waals surface area contributed by atoms with Crippen molar-refractivity contribution in [3.8, 4) is 0 Å². The summed E-state index contributed by atoms with van der Waals surface area (Å²) in [7, 11) is 0. The maximum atomic E-state index is 14.2. The maximum Gasteiger partial charge on any atom is 0.132 e. The zero-order chi connectivity index (χ0) is 14.4. The molecule has 2 rings (SSSR count). The van der Waals surface area contributed by atoms with Gasteiger partial charge in [-0.15, -0.1) is 0 Å². The Labute approximate surface area is 120 Å². The number of nitrogens with zero attached hydrogens (tertiary/aromatic N) is 2. The Bertz CT molecular complexity index is 428. The van der Waals surface area contributed by atoms with E-state index in [4.69, 9.17) is 10.8 Å². The molecule has 3 N–H and O–H groups in total. The van der Waals surface area contributed by atoms with Crippen molar-refractivity contribution in [1.82, 2.24) is 9.80 Å². The van der Waals surface area contributed by atoms with Crippen LogP contribution in [0.1, 0.15) is 17.5 Å². The summed E-state index contributed by atoms with van der Waals surface area (Å²) in [4.78, 5) is 4.53. The van der Waals surface area contributed by atoms with E-state index in [9.17, 15) is 4.39 Å². The molecule has 1 aliphatic rings. The van der Waals surface area contributed by atoms with E-state index < -0.39 is 0 Å². The summed E-state index contributed by atoms with van der Waals surface area (Å²) in [5, 5.41) is 8.99. The third-order valence-electron chi connectivity index (χ3n) is 3.87. The van der Waals surface area contributed by atoms with Crippen LogP contribution in [0.5, 0.6) is 0 Å². The molecule has 0 spiro atoms. The predicted molar refractivity (Wildman–Crippen MR) is 77.7 cm³/mol. The standard InChI is InChI=1S/C15H24FN3O/c16-15-13(11-17)3-1-4-14(15)12-19-6-2-5-18(7-8-19)9-10-20/h1,3-4,20H,2,5-12,17H2. The minimum absolute atomic E-state index is 0.161. The van der Waals surface area contributed by atoms with Gasteiger partial charge in [-0.3, -0.25) is 9.80 Å². The van der Waals surface area contributed by atoms with Crippen LogP contribution in [0.2, 0.25) is 0 Å². The van der Waals surface area contributed by atoms with Gasteiger partial charge in [-0.05, 0) is 19.5 Å². The second-order valence-electron chi connectivity index (χ2n) is 5.29. The Hall–Kier alpha value is -1.01. The van der Waals surface area contributed by atoms with Crippen molar-refractivity contribution < 1.29 is 9.50 Å². The minimum atomic E-state index is -0.161. The number of β-amino-alcohol motifs (C(OH)–C–C–N with tert-alkyl or cyclic N) is 1. The number of hydrogen-bond acceptors (Lipinski definition) is 4. The molecular formula is C15H24FN3O. The summed E-state index contributed by atoms with van der Waals surface area (Å²) in [6.45, 7) is 5.61. The second-order valence-corrected chi connectivity index (χ2v) is 5.29. The average molecular weight is 281 g/mol. The van der Waals surface area contributed by atoms with Crippen molar-refractivity contribution in [2.24, 2.45) is 5.73 Å². The summed E-state index contributed by atoms with van der Waals surface area (Å²) in [5.74, 6) is -0.161. The number of halogens is 1. The van der Waals surface area contributed by atoms with Gasteiger partial charge >= 0.3 is 0 Å². The number of aliphatic hydroxyl groups is 1. The number of aliphatic hydroxyl groups excluding tert-OH is 1. The lowest BCUT2D eigenvalue weighted by Gasteiger charge is -2.21. The van der Waals surface area contributed by atoms with E-state index in [-0.39, 0.29) is 19.0 Å². The van der Waals surface area contributed by atoms with Crippen molar-refractivity contribution >= 4 is 0 Å². The van der Waals surface area contributed by atoms with Crippen LogP contribution in [0.15, 0.2) is 18.2 Å². The topological polar surface area (TPSA) is 52.7 Å². The molecule has 1 fully saturated rings. The first-order chi connectivity index (χ1) is 9.74. The zero-order valence-corrected chi connectivity index (χ0v) is 11.9. The molecule has 0 unspecified atom stereocenters. The highest BCUT2D eigenvalue weighted by Gasteiger charge is 2.16. The molecule has 0 aliphatic carbocycles. The predicted octanol–water partition coefficient (Wildman–Crippen LogP) is 0.784. The third kappa shape index (κ3) is 3.99. The van der Waals surface area contributed by atoms with Crippen LogP contribution in [0.25, 0.3) is 0 Å². The number of benzene rings is 1. The molecule has 0 saturated carbocycles. The summed E-state index contributed by atoms with van der Waals surface area (Å²) >= 11 is 0. The van der Waals surface area contributed by atoms with Crippen LogP contribution in [0, 0.1) is 5.82 Å². The Morgan fingerprint density at radius 3 is 2.55 bits per heavy atom. The fourth-order valence-corrected chi connectivity index (χ4v) is 2.70. The molecule has 1 heterocycles. The minimum Gasteiger partial charge on any atom is -0.395 e. The summed E-state index contributed by atoms with van der Waals surface area (Å²) < 4.78 is 14.2. The molecule has 1 aromatic carbocycles. The molecule has 0 bridgehead atoms. The third-order valence-corrected chi connectivity index (χ3v) is 3.87. The molecule has 1 aliphatic heterocycles. The van der Waals surface area contributed by atoms with E-state index in [1.54, 1.807) is 6.07 Å². The van der Waals surface area contributed by atoms with Gasteiger partial charge in [0, 0.05) is 43.9 Å². The quantitative estimate of drug-likeness (QED) is 0.837. The van der Waals surface area contributed by atoms with Gasteiger partial charge in [0.25, 0.3) is 0 Å². The first-order valence-electron chi connectivity index (χ1n) is 7.26. The fourth-order valence-electron chi connectivity index (χ4n) is 2.70. The van der Waals surface area contributed by atoms with Crippen LogP contribution in [-0.4, -0.2) is 54.2 Å². The Morgan fingerprint density at radius 2 is 1.80 bits per heavy atom. The first kappa shape index (κ1) is 15.4. The Kier molecular flexibility index (Phi) is 5.91. The molecule has 0 radical (unpaired) electrons. The Morgan fingerprint density at radius 1 is 1.10 bits per heavy atom. The summed E-state index contributed by atoms with van der Waals surface area (Å²) in [5.41, 5.74) is 6.85. The van der Waals surface area contributed by atoms with E-state index in [1.165, 1.54) is 0 Å². The van der Waals surface area contributed by atoms with Gasteiger partial charge in [0.2, 0.25) is 0 Å². The lowest BCUT2D eigenvalue weighted by atomic mass is 10.1. The van der Waals surface area contributed by atoms with Crippen LogP contribution < -0.4 is 5.73 Å². The highest BCUT2D eigenvalue weighted by molar-refractivity contribution is 5.25. The van der Waals surface area contributed by atoms with Crippen LogP contribution in [0.4, 0.5) is 4.39 Å². The number of hydrogen-bond donors (Lipinski definition) is 2. The molecule has 0 atom stereocenters. The molecule has 5 heteroatoms. The van der Waals surface area contributed by atoms with Gasteiger partial charge in [0.05, 0.1) is 6.61 Å². The van der Waals surface area contributed by atoms with Gasteiger partial charge in [-0.1, -0.05) is 18.2 Å². The van der Waals surface area contributed by atoms with Crippen molar-refractivity contribution in [1.29, 1.82) is 0 Å². The van der Waals surface area contributed by atoms with Crippen molar-refractivity contribution in [2.45, 2.75) is 19.5 Å². The van der Waals surface area contributed by atoms with Gasteiger partial charge in [0.15, 0.2) is 0 Å². The lowest BCUT2D eigenvalue weighted by Crippen LogP contribution is -2.32. The number of rotatable bonds is 5. The Balaban J connectivity index is 1.96. The van der Waals surface area contributed by atoms with Crippen molar-refractivity contribution in [3.05, 3.63) is 35.1 Å².